The molecule has 3 aromatic carbocycles. The van der Waals surface area contributed by atoms with Gasteiger partial charge in [0.15, 0.2) is 0 Å². The first-order valence-corrected chi connectivity index (χ1v) is 8.96. The topological polar surface area (TPSA) is 61.9 Å². The van der Waals surface area contributed by atoms with Crippen LogP contribution in [0.1, 0.15) is 22.7 Å². The van der Waals surface area contributed by atoms with Crippen molar-refractivity contribution < 1.29 is 4.42 Å². The third kappa shape index (κ3) is 3.64. The molecule has 0 atom stereocenters. The maximum Gasteiger partial charge on any atom is 0.232 e. The van der Waals surface area contributed by atoms with Crippen LogP contribution in [0, 0.1) is 11.3 Å². The van der Waals surface area contributed by atoms with E-state index in [1.165, 1.54) is 5.39 Å². The molecule has 4 rings (SSSR count). The highest BCUT2D eigenvalue weighted by Gasteiger charge is 2.14. The van der Waals surface area contributed by atoms with Crippen LogP contribution in [0.2, 0.25) is 5.02 Å². The van der Waals surface area contributed by atoms with Crippen molar-refractivity contribution in [2.24, 2.45) is 0 Å². The molecule has 0 saturated carbocycles. The third-order valence-corrected chi connectivity index (χ3v) is 4.76. The maximum absolute atomic E-state index is 9.38. The molecular weight excluding hydrogens is 358 g/mol. The number of rotatable bonds is 5. The highest BCUT2D eigenvalue weighted by atomic mass is 35.5. The molecule has 1 aromatic heterocycles. The molecule has 0 aliphatic carbocycles. The number of fused-ring (bicyclic) bond motifs is 1. The van der Waals surface area contributed by atoms with Gasteiger partial charge >= 0.3 is 0 Å². The molecule has 5 heteroatoms. The van der Waals surface area contributed by atoms with Gasteiger partial charge in [-0.2, -0.15) is 5.26 Å². The lowest BCUT2D eigenvalue weighted by atomic mass is 10.0. The van der Waals surface area contributed by atoms with Gasteiger partial charge in [0, 0.05) is 11.6 Å². The number of nitrogens with one attached hydrogen (secondary N) is 1. The lowest BCUT2D eigenvalue weighted by Crippen LogP contribution is -2.00. The van der Waals surface area contributed by atoms with Crippen molar-refractivity contribution >= 4 is 28.3 Å². The average molecular weight is 374 g/mol. The molecule has 0 amide bonds. The summed E-state index contributed by atoms with van der Waals surface area (Å²) in [7, 11) is 0. The van der Waals surface area contributed by atoms with Gasteiger partial charge in [-0.15, -0.1) is 0 Å². The fourth-order valence-corrected chi connectivity index (χ4v) is 3.27. The Hall–Kier alpha value is -3.29. The predicted octanol–water partition coefficient (Wildman–Crippen LogP) is 5.56. The van der Waals surface area contributed by atoms with Crippen LogP contribution in [-0.2, 0) is 13.0 Å². The van der Waals surface area contributed by atoms with E-state index in [0.29, 0.717) is 29.8 Å². The van der Waals surface area contributed by atoms with Crippen molar-refractivity contribution in [3.8, 4) is 6.07 Å². The summed E-state index contributed by atoms with van der Waals surface area (Å²) >= 11 is 6.18. The summed E-state index contributed by atoms with van der Waals surface area (Å²) in [4.78, 5) is 4.34. The molecular formula is C22H16ClN3O. The van der Waals surface area contributed by atoms with Gasteiger partial charge in [0.05, 0.1) is 6.42 Å². The van der Waals surface area contributed by atoms with Crippen molar-refractivity contribution in [1.82, 2.24) is 4.98 Å². The highest BCUT2D eigenvalue weighted by molar-refractivity contribution is 6.31. The first-order valence-electron chi connectivity index (χ1n) is 8.58. The van der Waals surface area contributed by atoms with Crippen LogP contribution in [0.15, 0.2) is 71.1 Å². The molecule has 27 heavy (non-hydrogen) atoms. The van der Waals surface area contributed by atoms with E-state index in [0.717, 1.165) is 16.5 Å². The van der Waals surface area contributed by atoms with Gasteiger partial charge in [-0.25, -0.2) is 4.98 Å². The molecule has 1 N–H and O–H groups in total. The predicted molar refractivity (Wildman–Crippen MR) is 107 cm³/mol. The molecule has 0 saturated heterocycles. The molecule has 0 spiro atoms. The number of nitriles is 1. The molecule has 0 aliphatic heterocycles. The summed E-state index contributed by atoms with van der Waals surface area (Å²) in [5.41, 5.74) is 2.28. The van der Waals surface area contributed by atoms with Crippen LogP contribution < -0.4 is 5.32 Å². The van der Waals surface area contributed by atoms with E-state index >= 15 is 0 Å². The standard InChI is InChI=1S/C22H16ClN3O/c23-19-11-4-2-7-17(19)14-25-22-20(13-24)26-21(27-22)12-16-9-5-8-15-6-1-3-10-18(15)16/h1-11,25H,12,14H2. The van der Waals surface area contributed by atoms with E-state index in [9.17, 15) is 5.26 Å². The fourth-order valence-electron chi connectivity index (χ4n) is 3.06. The number of oxazole rings is 1. The van der Waals surface area contributed by atoms with E-state index in [1.54, 1.807) is 0 Å². The van der Waals surface area contributed by atoms with Gasteiger partial charge in [0.1, 0.15) is 6.07 Å². The first-order chi connectivity index (χ1) is 13.2. The minimum absolute atomic E-state index is 0.247. The number of aromatic nitrogens is 1. The van der Waals surface area contributed by atoms with Crippen LogP contribution >= 0.6 is 11.6 Å². The summed E-state index contributed by atoms with van der Waals surface area (Å²) in [6.45, 7) is 0.456. The normalized spacial score (nSPS) is 10.7. The summed E-state index contributed by atoms with van der Waals surface area (Å²) in [6, 6.07) is 24.0. The lowest BCUT2D eigenvalue weighted by Gasteiger charge is -2.05. The molecule has 0 aliphatic rings. The van der Waals surface area contributed by atoms with Gasteiger partial charge in [-0.05, 0) is 28.0 Å². The Balaban J connectivity index is 1.58. The fraction of sp³-hybridized carbons (Fsp3) is 0.0909. The van der Waals surface area contributed by atoms with Crippen LogP contribution in [0.25, 0.3) is 10.8 Å². The second-order valence-electron chi connectivity index (χ2n) is 6.16. The van der Waals surface area contributed by atoms with Crippen molar-refractivity contribution in [3.05, 3.63) is 94.5 Å². The van der Waals surface area contributed by atoms with Gasteiger partial charge < -0.3 is 9.73 Å². The zero-order valence-corrected chi connectivity index (χ0v) is 15.2. The Morgan fingerprint density at radius 2 is 1.70 bits per heavy atom. The molecule has 132 valence electrons. The average Bonchev–Trinajstić information content (AvgIpc) is 3.09. The quantitative estimate of drug-likeness (QED) is 0.497. The molecule has 0 fully saturated rings. The highest BCUT2D eigenvalue weighted by Crippen LogP contribution is 2.25. The van der Waals surface area contributed by atoms with E-state index in [-0.39, 0.29) is 5.69 Å². The van der Waals surface area contributed by atoms with Crippen molar-refractivity contribution in [2.45, 2.75) is 13.0 Å². The van der Waals surface area contributed by atoms with Crippen LogP contribution in [0.3, 0.4) is 0 Å². The van der Waals surface area contributed by atoms with Crippen LogP contribution in [-0.4, -0.2) is 4.98 Å². The largest absolute Gasteiger partial charge is 0.423 e. The van der Waals surface area contributed by atoms with Crippen molar-refractivity contribution in [3.63, 3.8) is 0 Å². The SMILES string of the molecule is N#Cc1nc(Cc2cccc3ccccc23)oc1NCc1ccccc1Cl. The van der Waals surface area contributed by atoms with Crippen molar-refractivity contribution in [2.75, 3.05) is 5.32 Å². The van der Waals surface area contributed by atoms with Gasteiger partial charge in [-0.1, -0.05) is 72.3 Å². The van der Waals surface area contributed by atoms with Gasteiger partial charge in [-0.3, -0.25) is 0 Å². The van der Waals surface area contributed by atoms with Gasteiger partial charge in [0.25, 0.3) is 0 Å². The summed E-state index contributed by atoms with van der Waals surface area (Å²) in [5.74, 6) is 0.872. The van der Waals surface area contributed by atoms with Crippen LogP contribution in [0.5, 0.6) is 0 Å². The zero-order chi connectivity index (χ0) is 18.6. The van der Waals surface area contributed by atoms with Gasteiger partial charge in [0.2, 0.25) is 17.5 Å². The second-order valence-corrected chi connectivity index (χ2v) is 6.56. The maximum atomic E-state index is 9.38. The number of hydrogen-bond donors (Lipinski definition) is 1. The number of anilines is 1. The molecule has 0 unspecified atom stereocenters. The van der Waals surface area contributed by atoms with E-state index < -0.39 is 0 Å². The lowest BCUT2D eigenvalue weighted by molar-refractivity contribution is 0.518. The Labute approximate surface area is 162 Å². The smallest absolute Gasteiger partial charge is 0.232 e. The Bertz CT molecular complexity index is 1140. The number of nitrogens with zero attached hydrogens (tertiary/aromatic N) is 2. The minimum Gasteiger partial charge on any atom is -0.423 e. The molecule has 0 radical (unpaired) electrons. The molecule has 1 heterocycles. The zero-order valence-electron chi connectivity index (χ0n) is 14.4. The van der Waals surface area contributed by atoms with E-state index in [2.05, 4.69) is 40.6 Å². The molecule has 0 bridgehead atoms. The van der Waals surface area contributed by atoms with E-state index in [1.807, 2.05) is 42.5 Å². The van der Waals surface area contributed by atoms with Crippen molar-refractivity contribution in [1.29, 1.82) is 5.26 Å². The number of halogens is 1. The molecule has 4 nitrogen and oxygen atoms in total. The Morgan fingerprint density at radius 3 is 2.56 bits per heavy atom. The second kappa shape index (κ2) is 7.53. The summed E-state index contributed by atoms with van der Waals surface area (Å²) in [6.07, 6.45) is 0.518. The van der Waals surface area contributed by atoms with Crippen LogP contribution in [0.4, 0.5) is 5.88 Å². The first kappa shape index (κ1) is 17.1. The summed E-state index contributed by atoms with van der Waals surface area (Å²) < 4.78 is 5.83. The number of benzene rings is 3. The Kier molecular flexibility index (Phi) is 4.78. The number of hydrogen-bond acceptors (Lipinski definition) is 4. The monoisotopic (exact) mass is 373 g/mol. The van der Waals surface area contributed by atoms with E-state index in [4.69, 9.17) is 16.0 Å². The minimum atomic E-state index is 0.247. The Morgan fingerprint density at radius 1 is 0.963 bits per heavy atom. The summed E-state index contributed by atoms with van der Waals surface area (Å²) in [5, 5.41) is 15.5. The molecule has 4 aromatic rings. The third-order valence-electron chi connectivity index (χ3n) is 4.40.